The van der Waals surface area contributed by atoms with Gasteiger partial charge in [-0.2, -0.15) is 0 Å². The number of carbonyl (C=O) groups excluding carboxylic acids is 2. The van der Waals surface area contributed by atoms with Crippen LogP contribution in [0.4, 0.5) is 0 Å². The van der Waals surface area contributed by atoms with Crippen LogP contribution in [0.5, 0.6) is 0 Å². The second-order valence-corrected chi connectivity index (χ2v) is 5.39. The normalized spacial score (nSPS) is 11.9. The van der Waals surface area contributed by atoms with E-state index in [1.807, 2.05) is 30.3 Å². The fourth-order valence-corrected chi connectivity index (χ4v) is 2.22. The molecule has 0 saturated heterocycles. The van der Waals surface area contributed by atoms with Crippen molar-refractivity contribution in [2.24, 2.45) is 5.92 Å². The fraction of sp³-hybridized carbons (Fsp3) is 0.556. The molecule has 3 nitrogen and oxygen atoms in total. The third-order valence-corrected chi connectivity index (χ3v) is 3.56. The molecule has 0 N–H and O–H groups in total. The first-order chi connectivity index (χ1) is 10.3. The lowest BCUT2D eigenvalue weighted by Gasteiger charge is -2.10. The van der Waals surface area contributed by atoms with Gasteiger partial charge >= 0.3 is 5.97 Å². The summed E-state index contributed by atoms with van der Waals surface area (Å²) in [5, 5.41) is 0. The van der Waals surface area contributed by atoms with Crippen LogP contribution in [0.2, 0.25) is 0 Å². The maximum absolute atomic E-state index is 11.9. The highest BCUT2D eigenvalue weighted by atomic mass is 16.5. The van der Waals surface area contributed by atoms with Crippen LogP contribution in [0, 0.1) is 5.92 Å². The molecule has 116 valence electrons. The quantitative estimate of drug-likeness (QED) is 0.264. The van der Waals surface area contributed by atoms with E-state index in [2.05, 4.69) is 6.92 Å². The number of benzene rings is 1. The van der Waals surface area contributed by atoms with Crippen molar-refractivity contribution in [3.05, 3.63) is 35.9 Å². The molecule has 1 rings (SSSR count). The molecule has 0 aromatic heterocycles. The summed E-state index contributed by atoms with van der Waals surface area (Å²) in [7, 11) is 0. The summed E-state index contributed by atoms with van der Waals surface area (Å²) in [6.07, 6.45) is 8.21. The Kier molecular flexibility index (Phi) is 9.18. The van der Waals surface area contributed by atoms with Crippen molar-refractivity contribution in [2.75, 3.05) is 0 Å². The van der Waals surface area contributed by atoms with E-state index in [1.54, 1.807) is 0 Å². The van der Waals surface area contributed by atoms with Gasteiger partial charge in [-0.1, -0.05) is 75.8 Å². The van der Waals surface area contributed by atoms with Gasteiger partial charge in [0, 0.05) is 0 Å². The molecule has 0 aliphatic rings. The molecule has 3 heteroatoms. The summed E-state index contributed by atoms with van der Waals surface area (Å²) in [6.45, 7) is 2.42. The van der Waals surface area contributed by atoms with E-state index in [0.717, 1.165) is 24.7 Å². The number of esters is 1. The van der Waals surface area contributed by atoms with Crippen molar-refractivity contribution < 1.29 is 14.3 Å². The maximum Gasteiger partial charge on any atom is 0.316 e. The zero-order valence-electron chi connectivity index (χ0n) is 12.9. The van der Waals surface area contributed by atoms with Crippen LogP contribution >= 0.6 is 0 Å². The highest BCUT2D eigenvalue weighted by Crippen LogP contribution is 2.13. The lowest BCUT2D eigenvalue weighted by molar-refractivity contribution is -0.151. The first-order valence-electron chi connectivity index (χ1n) is 7.93. The van der Waals surface area contributed by atoms with Crippen LogP contribution in [-0.4, -0.2) is 12.3 Å². The summed E-state index contributed by atoms with van der Waals surface area (Å²) in [6, 6.07) is 9.51. The first-order valence-corrected chi connectivity index (χ1v) is 7.93. The largest absolute Gasteiger partial charge is 0.460 e. The molecule has 1 unspecified atom stereocenters. The summed E-state index contributed by atoms with van der Waals surface area (Å²) < 4.78 is 5.21. The standard InChI is InChI=1S/C18H26O3/c1-2-3-4-5-6-10-13-17(14-19)18(20)21-15-16-11-8-7-9-12-16/h7-9,11-12,14,17H,2-6,10,13,15H2,1H3. The van der Waals surface area contributed by atoms with E-state index < -0.39 is 11.9 Å². The Morgan fingerprint density at radius 1 is 1.10 bits per heavy atom. The third kappa shape index (κ3) is 7.64. The monoisotopic (exact) mass is 290 g/mol. The van der Waals surface area contributed by atoms with Crippen molar-refractivity contribution in [3.8, 4) is 0 Å². The van der Waals surface area contributed by atoms with Crippen LogP contribution in [0.1, 0.15) is 57.4 Å². The SMILES string of the molecule is CCCCCCCCC(C=O)C(=O)OCc1ccccc1. The van der Waals surface area contributed by atoms with Crippen LogP contribution in [0.15, 0.2) is 30.3 Å². The molecular formula is C18H26O3. The Balaban J connectivity index is 2.21. The van der Waals surface area contributed by atoms with E-state index in [9.17, 15) is 9.59 Å². The lowest BCUT2D eigenvalue weighted by Crippen LogP contribution is -2.19. The van der Waals surface area contributed by atoms with Gasteiger partial charge in [0.25, 0.3) is 0 Å². The minimum atomic E-state index is -0.611. The van der Waals surface area contributed by atoms with E-state index in [0.29, 0.717) is 6.42 Å². The maximum atomic E-state index is 11.9. The topological polar surface area (TPSA) is 43.4 Å². The Hall–Kier alpha value is -1.64. The average molecular weight is 290 g/mol. The van der Waals surface area contributed by atoms with Gasteiger partial charge in [-0.3, -0.25) is 4.79 Å². The van der Waals surface area contributed by atoms with Gasteiger partial charge < -0.3 is 9.53 Å². The predicted molar refractivity (Wildman–Crippen MR) is 83.8 cm³/mol. The van der Waals surface area contributed by atoms with Gasteiger partial charge in [-0.05, 0) is 12.0 Å². The highest BCUT2D eigenvalue weighted by molar-refractivity contribution is 5.87. The molecule has 0 radical (unpaired) electrons. The van der Waals surface area contributed by atoms with E-state index >= 15 is 0 Å². The Bertz CT molecular complexity index is 400. The van der Waals surface area contributed by atoms with E-state index in [4.69, 9.17) is 4.74 Å². The predicted octanol–water partition coefficient (Wildman–Crippen LogP) is 4.30. The molecule has 0 spiro atoms. The zero-order chi connectivity index (χ0) is 15.3. The van der Waals surface area contributed by atoms with Gasteiger partial charge in [0.2, 0.25) is 0 Å². The van der Waals surface area contributed by atoms with Gasteiger partial charge in [0.15, 0.2) is 0 Å². The summed E-state index contributed by atoms with van der Waals surface area (Å²) in [5.74, 6) is -1.01. The average Bonchev–Trinajstić information content (AvgIpc) is 2.53. The van der Waals surface area contributed by atoms with Crippen LogP contribution in [0.25, 0.3) is 0 Å². The number of ether oxygens (including phenoxy) is 1. The van der Waals surface area contributed by atoms with Crippen molar-refractivity contribution in [1.82, 2.24) is 0 Å². The number of aldehydes is 1. The van der Waals surface area contributed by atoms with Gasteiger partial charge in [-0.25, -0.2) is 0 Å². The molecule has 0 heterocycles. The molecule has 0 bridgehead atoms. The minimum Gasteiger partial charge on any atom is -0.460 e. The Morgan fingerprint density at radius 2 is 1.76 bits per heavy atom. The molecule has 21 heavy (non-hydrogen) atoms. The van der Waals surface area contributed by atoms with Crippen LogP contribution in [-0.2, 0) is 20.9 Å². The summed E-state index contributed by atoms with van der Waals surface area (Å²) in [5.41, 5.74) is 0.940. The molecule has 1 atom stereocenters. The zero-order valence-corrected chi connectivity index (χ0v) is 12.9. The number of carbonyl (C=O) groups is 2. The second-order valence-electron chi connectivity index (χ2n) is 5.39. The molecule has 1 aromatic rings. The smallest absolute Gasteiger partial charge is 0.316 e. The van der Waals surface area contributed by atoms with Gasteiger partial charge in [-0.15, -0.1) is 0 Å². The Morgan fingerprint density at radius 3 is 2.43 bits per heavy atom. The number of rotatable bonds is 11. The highest BCUT2D eigenvalue weighted by Gasteiger charge is 2.18. The molecular weight excluding hydrogens is 264 g/mol. The summed E-state index contributed by atoms with van der Waals surface area (Å²) >= 11 is 0. The molecule has 0 saturated carbocycles. The summed E-state index contributed by atoms with van der Waals surface area (Å²) in [4.78, 5) is 22.9. The second kappa shape index (κ2) is 11.1. The molecule has 0 aliphatic carbocycles. The van der Waals surface area contributed by atoms with Crippen LogP contribution in [0.3, 0.4) is 0 Å². The van der Waals surface area contributed by atoms with Gasteiger partial charge in [0.1, 0.15) is 18.8 Å². The van der Waals surface area contributed by atoms with Crippen molar-refractivity contribution in [1.29, 1.82) is 0 Å². The van der Waals surface area contributed by atoms with Crippen LogP contribution < -0.4 is 0 Å². The van der Waals surface area contributed by atoms with E-state index in [-0.39, 0.29) is 6.61 Å². The Labute approximate surface area is 127 Å². The lowest BCUT2D eigenvalue weighted by atomic mass is 10.0. The molecule has 0 amide bonds. The molecule has 0 aliphatic heterocycles. The number of hydrogen-bond acceptors (Lipinski definition) is 3. The van der Waals surface area contributed by atoms with Crippen molar-refractivity contribution >= 4 is 12.3 Å². The first kappa shape index (κ1) is 17.4. The molecule has 0 fully saturated rings. The number of unbranched alkanes of at least 4 members (excludes halogenated alkanes) is 5. The van der Waals surface area contributed by atoms with Gasteiger partial charge in [0.05, 0.1) is 0 Å². The van der Waals surface area contributed by atoms with Crippen molar-refractivity contribution in [3.63, 3.8) is 0 Å². The van der Waals surface area contributed by atoms with Crippen molar-refractivity contribution in [2.45, 2.75) is 58.5 Å². The third-order valence-electron chi connectivity index (χ3n) is 3.56. The molecule has 1 aromatic carbocycles. The number of hydrogen-bond donors (Lipinski definition) is 0. The minimum absolute atomic E-state index is 0.237. The fourth-order valence-electron chi connectivity index (χ4n) is 2.22. The van der Waals surface area contributed by atoms with E-state index in [1.165, 1.54) is 25.7 Å².